The highest BCUT2D eigenvalue weighted by Gasteiger charge is 2.11. The van der Waals surface area contributed by atoms with Gasteiger partial charge in [0.25, 0.3) is 5.91 Å². The predicted octanol–water partition coefficient (Wildman–Crippen LogP) is 5.00. The van der Waals surface area contributed by atoms with Crippen LogP contribution in [-0.4, -0.2) is 24.7 Å². The van der Waals surface area contributed by atoms with Crippen molar-refractivity contribution in [1.82, 2.24) is 5.43 Å². The van der Waals surface area contributed by atoms with Gasteiger partial charge in [0.2, 0.25) is 0 Å². The first-order chi connectivity index (χ1) is 15.1. The average Bonchev–Trinajstić information content (AvgIpc) is 2.79. The lowest BCUT2D eigenvalue weighted by atomic mass is 10.2. The molecule has 3 aromatic carbocycles. The van der Waals surface area contributed by atoms with E-state index in [2.05, 4.69) is 33.0 Å². The molecular formula is C24H19BrN2O4. The fourth-order valence-electron chi connectivity index (χ4n) is 2.50. The number of carbonyl (C=O) groups excluding carboxylic acids is 2. The molecule has 156 valence electrons. The van der Waals surface area contributed by atoms with Gasteiger partial charge in [0.05, 0.1) is 11.8 Å². The molecule has 31 heavy (non-hydrogen) atoms. The minimum atomic E-state index is -0.456. The molecule has 0 saturated heterocycles. The average molecular weight is 479 g/mol. The van der Waals surface area contributed by atoms with Crippen molar-refractivity contribution in [3.8, 4) is 11.5 Å². The Hall–Kier alpha value is -3.71. The molecule has 0 heterocycles. The molecule has 0 aliphatic rings. The molecule has 0 spiro atoms. The van der Waals surface area contributed by atoms with Crippen LogP contribution in [0.1, 0.15) is 26.3 Å². The van der Waals surface area contributed by atoms with E-state index in [1.165, 1.54) is 6.21 Å². The van der Waals surface area contributed by atoms with Gasteiger partial charge in [0, 0.05) is 10.0 Å². The third kappa shape index (κ3) is 6.38. The van der Waals surface area contributed by atoms with E-state index in [0.29, 0.717) is 33.7 Å². The summed E-state index contributed by atoms with van der Waals surface area (Å²) in [7, 11) is 0. The number of carbonyl (C=O) groups is 2. The van der Waals surface area contributed by atoms with Gasteiger partial charge in [-0.25, -0.2) is 10.2 Å². The van der Waals surface area contributed by atoms with Gasteiger partial charge in [-0.05, 0) is 82.2 Å². The molecule has 0 atom stereocenters. The summed E-state index contributed by atoms with van der Waals surface area (Å²) in [6, 6.07) is 20.5. The zero-order chi connectivity index (χ0) is 22.1. The molecule has 0 saturated carbocycles. The molecule has 1 amide bonds. The summed E-state index contributed by atoms with van der Waals surface area (Å²) < 4.78 is 11.4. The fraction of sp³-hybridized carbons (Fsp3) is 0.0417. The number of rotatable bonds is 8. The third-order valence-corrected chi connectivity index (χ3v) is 4.74. The SMILES string of the molecule is C=CCOc1ccc(C(=O)N/N=C/c2ccc(OC(=O)c3ccccc3Br)cc2)cc1. The van der Waals surface area contributed by atoms with E-state index in [-0.39, 0.29) is 5.91 Å². The zero-order valence-corrected chi connectivity index (χ0v) is 18.0. The van der Waals surface area contributed by atoms with Crippen molar-refractivity contribution >= 4 is 34.0 Å². The normalized spacial score (nSPS) is 10.5. The molecular weight excluding hydrogens is 460 g/mol. The number of hydrogen-bond acceptors (Lipinski definition) is 5. The van der Waals surface area contributed by atoms with Gasteiger partial charge in [-0.3, -0.25) is 4.79 Å². The Morgan fingerprint density at radius 3 is 2.32 bits per heavy atom. The van der Waals surface area contributed by atoms with E-state index >= 15 is 0 Å². The van der Waals surface area contributed by atoms with Gasteiger partial charge < -0.3 is 9.47 Å². The number of hydrogen-bond donors (Lipinski definition) is 1. The maximum absolute atomic E-state index is 12.2. The molecule has 0 fully saturated rings. The van der Waals surface area contributed by atoms with Crippen LogP contribution in [0, 0.1) is 0 Å². The van der Waals surface area contributed by atoms with Gasteiger partial charge in [-0.1, -0.05) is 24.8 Å². The summed E-state index contributed by atoms with van der Waals surface area (Å²) in [4.78, 5) is 24.4. The number of nitrogens with zero attached hydrogens (tertiary/aromatic N) is 1. The van der Waals surface area contributed by atoms with Crippen molar-refractivity contribution in [3.05, 3.63) is 107 Å². The number of halogens is 1. The van der Waals surface area contributed by atoms with Crippen LogP contribution in [-0.2, 0) is 0 Å². The number of amides is 1. The quantitative estimate of drug-likeness (QED) is 0.162. The van der Waals surface area contributed by atoms with E-state index in [1.807, 2.05) is 6.07 Å². The van der Waals surface area contributed by atoms with Crippen molar-refractivity contribution in [2.45, 2.75) is 0 Å². The summed E-state index contributed by atoms with van der Waals surface area (Å²) in [6.45, 7) is 3.98. The Morgan fingerprint density at radius 2 is 1.65 bits per heavy atom. The molecule has 3 aromatic rings. The zero-order valence-electron chi connectivity index (χ0n) is 16.5. The van der Waals surface area contributed by atoms with E-state index in [9.17, 15) is 9.59 Å². The lowest BCUT2D eigenvalue weighted by Crippen LogP contribution is -2.17. The molecule has 1 N–H and O–H groups in total. The smallest absolute Gasteiger partial charge is 0.344 e. The lowest BCUT2D eigenvalue weighted by molar-refractivity contribution is 0.0733. The number of nitrogens with one attached hydrogen (secondary N) is 1. The highest BCUT2D eigenvalue weighted by atomic mass is 79.9. The molecule has 3 rings (SSSR count). The second-order valence-electron chi connectivity index (χ2n) is 6.26. The van der Waals surface area contributed by atoms with Crippen LogP contribution < -0.4 is 14.9 Å². The molecule has 0 bridgehead atoms. The van der Waals surface area contributed by atoms with Crippen LogP contribution in [0.4, 0.5) is 0 Å². The monoisotopic (exact) mass is 478 g/mol. The molecule has 0 aliphatic carbocycles. The Kier molecular flexibility index (Phi) is 7.73. The van der Waals surface area contributed by atoms with Crippen LogP contribution in [0.25, 0.3) is 0 Å². The molecule has 0 radical (unpaired) electrons. The summed E-state index contributed by atoms with van der Waals surface area (Å²) in [5.41, 5.74) is 4.10. The van der Waals surface area contributed by atoms with Gasteiger partial charge in [-0.2, -0.15) is 5.10 Å². The van der Waals surface area contributed by atoms with Crippen molar-refractivity contribution in [2.75, 3.05) is 6.61 Å². The summed E-state index contributed by atoms with van der Waals surface area (Å²) >= 11 is 3.33. The van der Waals surface area contributed by atoms with E-state index in [1.54, 1.807) is 72.8 Å². The molecule has 0 unspecified atom stereocenters. The second-order valence-corrected chi connectivity index (χ2v) is 7.12. The van der Waals surface area contributed by atoms with Crippen molar-refractivity contribution in [1.29, 1.82) is 0 Å². The number of esters is 1. The first-order valence-electron chi connectivity index (χ1n) is 9.31. The van der Waals surface area contributed by atoms with Crippen LogP contribution >= 0.6 is 15.9 Å². The Labute approximate surface area is 188 Å². The first-order valence-corrected chi connectivity index (χ1v) is 10.1. The lowest BCUT2D eigenvalue weighted by Gasteiger charge is -2.06. The van der Waals surface area contributed by atoms with Gasteiger partial charge >= 0.3 is 5.97 Å². The van der Waals surface area contributed by atoms with Crippen LogP contribution in [0.5, 0.6) is 11.5 Å². The van der Waals surface area contributed by atoms with Gasteiger partial charge in [0.1, 0.15) is 18.1 Å². The van der Waals surface area contributed by atoms with Gasteiger partial charge in [-0.15, -0.1) is 0 Å². The van der Waals surface area contributed by atoms with Crippen LogP contribution in [0.2, 0.25) is 0 Å². The standard InChI is InChI=1S/C24H19BrN2O4/c1-2-15-30-19-13-9-18(10-14-19)23(28)27-26-16-17-7-11-20(12-8-17)31-24(29)21-5-3-4-6-22(21)25/h2-14,16H,1,15H2,(H,27,28)/b26-16+. The van der Waals surface area contributed by atoms with Crippen molar-refractivity contribution < 1.29 is 19.1 Å². The summed E-state index contributed by atoms with van der Waals surface area (Å²) in [5, 5.41) is 3.96. The first kappa shape index (κ1) is 22.0. The number of ether oxygens (including phenoxy) is 2. The van der Waals surface area contributed by atoms with Crippen LogP contribution in [0.3, 0.4) is 0 Å². The maximum atomic E-state index is 12.2. The second kappa shape index (κ2) is 10.9. The number of hydrazone groups is 1. The third-order valence-electron chi connectivity index (χ3n) is 4.05. The Morgan fingerprint density at radius 1 is 0.968 bits per heavy atom. The number of benzene rings is 3. The van der Waals surface area contributed by atoms with Crippen molar-refractivity contribution in [3.63, 3.8) is 0 Å². The van der Waals surface area contributed by atoms with Gasteiger partial charge in [0.15, 0.2) is 0 Å². The Bertz CT molecular complexity index is 1090. The predicted molar refractivity (Wildman–Crippen MR) is 123 cm³/mol. The van der Waals surface area contributed by atoms with Crippen molar-refractivity contribution in [2.24, 2.45) is 5.10 Å². The maximum Gasteiger partial charge on any atom is 0.344 e. The van der Waals surface area contributed by atoms with E-state index < -0.39 is 5.97 Å². The highest BCUT2D eigenvalue weighted by Crippen LogP contribution is 2.19. The van der Waals surface area contributed by atoms with Crippen LogP contribution in [0.15, 0.2) is 95.0 Å². The topological polar surface area (TPSA) is 77.0 Å². The minimum Gasteiger partial charge on any atom is -0.490 e. The molecule has 0 aliphatic heterocycles. The largest absolute Gasteiger partial charge is 0.490 e. The minimum absolute atomic E-state index is 0.342. The molecule has 0 aromatic heterocycles. The van der Waals surface area contributed by atoms with E-state index in [0.717, 1.165) is 5.56 Å². The fourth-order valence-corrected chi connectivity index (χ4v) is 2.95. The Balaban J connectivity index is 1.53. The summed E-state index contributed by atoms with van der Waals surface area (Å²) in [5.74, 6) is 0.258. The highest BCUT2D eigenvalue weighted by molar-refractivity contribution is 9.10. The van der Waals surface area contributed by atoms with E-state index in [4.69, 9.17) is 9.47 Å². The molecule has 7 heteroatoms. The molecule has 6 nitrogen and oxygen atoms in total. The summed E-state index contributed by atoms with van der Waals surface area (Å²) in [6.07, 6.45) is 3.15.